The van der Waals surface area contributed by atoms with Crippen molar-refractivity contribution >= 4 is 28.8 Å². The van der Waals surface area contributed by atoms with Crippen molar-refractivity contribution in [2.45, 2.75) is 0 Å². The largest absolute Gasteiger partial charge is 0.378 e. The van der Waals surface area contributed by atoms with Gasteiger partial charge >= 0.3 is 0 Å². The molecule has 0 saturated carbocycles. The van der Waals surface area contributed by atoms with Gasteiger partial charge in [0.15, 0.2) is 0 Å². The minimum Gasteiger partial charge on any atom is -0.378 e. The summed E-state index contributed by atoms with van der Waals surface area (Å²) < 4.78 is 5.48. The molecule has 1 saturated heterocycles. The number of aromatic nitrogens is 3. The molecule has 1 fully saturated rings. The van der Waals surface area contributed by atoms with Crippen LogP contribution in [0.3, 0.4) is 0 Å². The van der Waals surface area contributed by atoms with Gasteiger partial charge in [0.05, 0.1) is 24.6 Å². The molecule has 2 N–H and O–H groups in total. The summed E-state index contributed by atoms with van der Waals surface area (Å²) in [6.45, 7) is 3.87. The Balaban J connectivity index is 1.13. The number of pyridine rings is 1. The van der Waals surface area contributed by atoms with Gasteiger partial charge in [-0.25, -0.2) is 15.0 Å². The van der Waals surface area contributed by atoms with Gasteiger partial charge < -0.3 is 15.0 Å². The molecule has 9 heteroatoms. The quantitative estimate of drug-likeness (QED) is 0.432. The molecule has 0 amide bonds. The van der Waals surface area contributed by atoms with Gasteiger partial charge in [0.2, 0.25) is 5.95 Å². The van der Waals surface area contributed by atoms with E-state index in [0.29, 0.717) is 12.6 Å². The number of amidine groups is 1. The average Bonchev–Trinajstić information content (AvgIpc) is 3.45. The molecule has 6 rings (SSSR count). The number of benzene rings is 2. The summed E-state index contributed by atoms with van der Waals surface area (Å²) in [7, 11) is 0. The normalized spacial score (nSPS) is 15.4. The first-order valence-electron chi connectivity index (χ1n) is 11.9. The maximum Gasteiger partial charge on any atom is 0.227 e. The van der Waals surface area contributed by atoms with Crippen molar-refractivity contribution in [1.82, 2.24) is 20.4 Å². The highest BCUT2D eigenvalue weighted by Gasteiger charge is 2.17. The van der Waals surface area contributed by atoms with Gasteiger partial charge in [0, 0.05) is 54.2 Å². The van der Waals surface area contributed by atoms with Gasteiger partial charge in [0.25, 0.3) is 0 Å². The van der Waals surface area contributed by atoms with Crippen molar-refractivity contribution in [2.75, 3.05) is 48.2 Å². The number of nitrogens with one attached hydrogen (secondary N) is 2. The van der Waals surface area contributed by atoms with Gasteiger partial charge in [-0.1, -0.05) is 12.1 Å². The molecule has 0 radical (unpaired) electrons. The van der Waals surface area contributed by atoms with Gasteiger partial charge in [0.1, 0.15) is 12.5 Å². The molecular weight excluding hydrogens is 452 g/mol. The van der Waals surface area contributed by atoms with Crippen molar-refractivity contribution < 1.29 is 4.74 Å². The third-order valence-electron chi connectivity index (χ3n) is 6.17. The Morgan fingerprint density at radius 3 is 2.50 bits per heavy atom. The number of rotatable bonds is 6. The van der Waals surface area contributed by atoms with Crippen LogP contribution >= 0.6 is 0 Å². The minimum atomic E-state index is 0.541. The van der Waals surface area contributed by atoms with Crippen LogP contribution in [0.5, 0.6) is 0 Å². The number of morpholine rings is 1. The molecule has 0 aliphatic carbocycles. The fraction of sp³-hybridized carbons (Fsp3) is 0.185. The predicted molar refractivity (Wildman–Crippen MR) is 141 cm³/mol. The minimum absolute atomic E-state index is 0.541. The maximum absolute atomic E-state index is 5.48. The van der Waals surface area contributed by atoms with E-state index in [9.17, 15) is 0 Å². The van der Waals surface area contributed by atoms with E-state index in [1.807, 2.05) is 47.5 Å². The summed E-state index contributed by atoms with van der Waals surface area (Å²) in [6.07, 6.45) is 5.31. The number of ether oxygens (including phenoxy) is 1. The molecule has 0 atom stereocenters. The van der Waals surface area contributed by atoms with E-state index in [4.69, 9.17) is 9.72 Å². The Kier molecular flexibility index (Phi) is 6.11. The van der Waals surface area contributed by atoms with E-state index in [1.165, 1.54) is 5.69 Å². The zero-order valence-corrected chi connectivity index (χ0v) is 19.7. The van der Waals surface area contributed by atoms with Crippen molar-refractivity contribution in [3.8, 4) is 11.3 Å². The summed E-state index contributed by atoms with van der Waals surface area (Å²) in [6, 6.07) is 22.4. The first kappa shape index (κ1) is 22.0. The maximum atomic E-state index is 5.48. The Morgan fingerprint density at radius 1 is 0.833 bits per heavy atom. The topological polar surface area (TPSA) is 90.8 Å². The van der Waals surface area contributed by atoms with E-state index >= 15 is 0 Å². The highest BCUT2D eigenvalue weighted by atomic mass is 16.5. The third-order valence-corrected chi connectivity index (χ3v) is 6.17. The Morgan fingerprint density at radius 2 is 1.67 bits per heavy atom. The lowest BCUT2D eigenvalue weighted by atomic mass is 10.1. The lowest BCUT2D eigenvalue weighted by molar-refractivity contribution is 0.122. The lowest BCUT2D eigenvalue weighted by Crippen LogP contribution is -2.36. The molecule has 2 aliphatic rings. The predicted octanol–water partition coefficient (Wildman–Crippen LogP) is 3.85. The number of hydrogen-bond donors (Lipinski definition) is 2. The van der Waals surface area contributed by atoms with Crippen molar-refractivity contribution in [3.05, 3.63) is 90.9 Å². The van der Waals surface area contributed by atoms with Crippen LogP contribution in [-0.2, 0) is 4.74 Å². The molecule has 2 aromatic carbocycles. The second kappa shape index (κ2) is 10.0. The van der Waals surface area contributed by atoms with Crippen LogP contribution in [0.1, 0.15) is 5.56 Å². The molecule has 180 valence electrons. The molecule has 9 nitrogen and oxygen atoms in total. The van der Waals surface area contributed by atoms with Gasteiger partial charge in [-0.2, -0.15) is 0 Å². The van der Waals surface area contributed by atoms with E-state index < -0.39 is 0 Å². The van der Waals surface area contributed by atoms with E-state index in [0.717, 1.165) is 60.3 Å². The zero-order chi connectivity index (χ0) is 24.2. The third kappa shape index (κ3) is 4.82. The van der Waals surface area contributed by atoms with Crippen LogP contribution < -0.4 is 20.7 Å². The van der Waals surface area contributed by atoms with Crippen molar-refractivity contribution in [3.63, 3.8) is 0 Å². The van der Waals surface area contributed by atoms with Crippen LogP contribution in [0.15, 0.2) is 90.3 Å². The molecule has 0 spiro atoms. The fourth-order valence-corrected chi connectivity index (χ4v) is 4.27. The molecule has 0 bridgehead atoms. The molecule has 4 aromatic rings. The summed E-state index contributed by atoms with van der Waals surface area (Å²) >= 11 is 0. The Labute approximate surface area is 209 Å². The molecule has 4 heterocycles. The molecule has 2 aliphatic heterocycles. The number of hydrogen-bond acceptors (Lipinski definition) is 9. The zero-order valence-electron chi connectivity index (χ0n) is 19.7. The molecule has 2 aromatic heterocycles. The first-order chi connectivity index (χ1) is 17.8. The molecular formula is C27H26N8O. The SMILES string of the molecule is c1cc(-c2ccnc(Nc3ccc(N4CN=C(c5ccncc5)N4)cc3)n2)cc(N2CCOCC2)c1. The summed E-state index contributed by atoms with van der Waals surface area (Å²) in [5.74, 6) is 1.39. The van der Waals surface area contributed by atoms with Crippen molar-refractivity contribution in [1.29, 1.82) is 0 Å². The van der Waals surface area contributed by atoms with Crippen molar-refractivity contribution in [2.24, 2.45) is 4.99 Å². The van der Waals surface area contributed by atoms with Gasteiger partial charge in [-0.15, -0.1) is 0 Å². The Bertz CT molecular complexity index is 1350. The average molecular weight is 479 g/mol. The van der Waals surface area contributed by atoms with E-state index in [1.54, 1.807) is 18.6 Å². The van der Waals surface area contributed by atoms with E-state index in [-0.39, 0.29) is 0 Å². The summed E-state index contributed by atoms with van der Waals surface area (Å²) in [4.78, 5) is 20.2. The highest BCUT2D eigenvalue weighted by molar-refractivity contribution is 6.00. The van der Waals surface area contributed by atoms with Crippen LogP contribution in [0.4, 0.5) is 23.0 Å². The monoisotopic (exact) mass is 478 g/mol. The summed E-state index contributed by atoms with van der Waals surface area (Å²) in [5, 5.41) is 5.32. The second-order valence-corrected chi connectivity index (χ2v) is 8.51. The standard InChI is InChI=1S/C27H26N8O/c1-2-21(18-24(3-1)34-14-16-36-17-15-34)25-10-13-29-27(32-25)31-22-4-6-23(7-5-22)35-19-30-26(33-35)20-8-11-28-12-9-20/h1-13,18H,14-17,19H2,(H,30,33)(H,29,31,32). The van der Waals surface area contributed by atoms with Crippen LogP contribution in [-0.4, -0.2) is 53.8 Å². The first-order valence-corrected chi connectivity index (χ1v) is 11.9. The smallest absolute Gasteiger partial charge is 0.227 e. The van der Waals surface area contributed by atoms with E-state index in [2.05, 4.69) is 54.9 Å². The lowest BCUT2D eigenvalue weighted by Gasteiger charge is -2.29. The van der Waals surface area contributed by atoms with Gasteiger partial charge in [-0.3, -0.25) is 15.4 Å². The fourth-order valence-electron chi connectivity index (χ4n) is 4.27. The summed E-state index contributed by atoms with van der Waals surface area (Å²) in [5.41, 5.74) is 9.41. The number of anilines is 4. The molecule has 0 unspecified atom stereocenters. The highest BCUT2D eigenvalue weighted by Crippen LogP contribution is 2.26. The number of nitrogens with zero attached hydrogens (tertiary/aromatic N) is 6. The van der Waals surface area contributed by atoms with Gasteiger partial charge in [-0.05, 0) is 54.6 Å². The second-order valence-electron chi connectivity index (χ2n) is 8.51. The van der Waals surface area contributed by atoms with Crippen LogP contribution in [0, 0.1) is 0 Å². The number of hydrazine groups is 1. The van der Waals surface area contributed by atoms with Crippen LogP contribution in [0.25, 0.3) is 11.3 Å². The molecule has 36 heavy (non-hydrogen) atoms. The Hall–Kier alpha value is -4.50. The number of aliphatic imine (C=N–C) groups is 1. The van der Waals surface area contributed by atoms with Crippen LogP contribution in [0.2, 0.25) is 0 Å².